The van der Waals surface area contributed by atoms with Crippen molar-refractivity contribution in [3.8, 4) is 5.00 Å². The number of nitrogens with zero attached hydrogens (tertiary/aromatic N) is 6. The van der Waals surface area contributed by atoms with Crippen LogP contribution in [0.3, 0.4) is 0 Å². The molecule has 0 radical (unpaired) electrons. The lowest BCUT2D eigenvalue weighted by Gasteiger charge is -2.13. The molecule has 0 spiro atoms. The Labute approximate surface area is 248 Å². The predicted octanol–water partition coefficient (Wildman–Crippen LogP) is 5.70. The molecule has 3 heterocycles. The molecular weight excluding hydrogens is 558 g/mol. The zero-order valence-electron chi connectivity index (χ0n) is 23.9. The maximum Gasteiger partial charge on any atom is 0.238 e. The van der Waals surface area contributed by atoms with Crippen LogP contribution in [0.15, 0.2) is 52.6 Å². The number of hydrazone groups is 1. The summed E-state index contributed by atoms with van der Waals surface area (Å²) in [6.45, 7) is 6.56. The Morgan fingerprint density at radius 3 is 2.61 bits per heavy atom. The molecule has 1 aliphatic rings. The van der Waals surface area contributed by atoms with Crippen LogP contribution in [0.4, 0.5) is 5.69 Å². The number of thiophene rings is 1. The Balaban J connectivity index is 1.36. The largest absolute Gasteiger partial charge is 0.471 e. The second-order valence-electron chi connectivity index (χ2n) is 10.0. The summed E-state index contributed by atoms with van der Waals surface area (Å²) in [7, 11) is 5.50. The fraction of sp³-hybridized carbons (Fsp3) is 0.300. The maximum atomic E-state index is 13.0. The molecule has 9 nitrogen and oxygen atoms in total. The zero-order chi connectivity index (χ0) is 29.3. The number of fused-ring (bicyclic) bond motifs is 1. The summed E-state index contributed by atoms with van der Waals surface area (Å²) >= 11 is 7.82. The molecule has 0 saturated carbocycles. The molecule has 0 saturated heterocycles. The highest BCUT2D eigenvalue weighted by Crippen LogP contribution is 2.35. The lowest BCUT2D eigenvalue weighted by Crippen LogP contribution is -2.15. The van der Waals surface area contributed by atoms with Gasteiger partial charge in [0, 0.05) is 71.8 Å². The number of hydrogen-bond donors (Lipinski definition) is 1. The third-order valence-corrected chi connectivity index (χ3v) is 8.33. The SMILES string of the molecule is C/N=C(/c1ccc(Cl)cc1)c1c(-n2c(C)nnc2CCC(=O)Nc2ccc3c(c2)CO/C3=N\N(C)C)sc(C)c1C. The van der Waals surface area contributed by atoms with Crippen molar-refractivity contribution >= 4 is 46.1 Å². The first kappa shape index (κ1) is 28.5. The third kappa shape index (κ3) is 5.89. The number of ether oxygens (including phenoxy) is 1. The monoisotopic (exact) mass is 589 g/mol. The summed E-state index contributed by atoms with van der Waals surface area (Å²) in [5, 5.41) is 19.6. The van der Waals surface area contributed by atoms with Gasteiger partial charge < -0.3 is 10.1 Å². The Hall–Kier alpha value is -4.02. The van der Waals surface area contributed by atoms with Crippen molar-refractivity contribution in [1.29, 1.82) is 0 Å². The van der Waals surface area contributed by atoms with Gasteiger partial charge >= 0.3 is 0 Å². The van der Waals surface area contributed by atoms with Gasteiger partial charge in [0.1, 0.15) is 23.3 Å². The highest BCUT2D eigenvalue weighted by atomic mass is 35.5. The van der Waals surface area contributed by atoms with Gasteiger partial charge in [-0.15, -0.1) is 26.6 Å². The number of anilines is 1. The van der Waals surface area contributed by atoms with E-state index in [9.17, 15) is 4.79 Å². The maximum absolute atomic E-state index is 13.0. The van der Waals surface area contributed by atoms with E-state index in [0.717, 1.165) is 55.9 Å². The number of amides is 1. The van der Waals surface area contributed by atoms with Gasteiger partial charge in [-0.2, -0.15) is 0 Å². The molecular formula is C30H32ClN7O2S. The molecule has 0 unspecified atom stereocenters. The van der Waals surface area contributed by atoms with E-state index in [2.05, 4.69) is 39.5 Å². The molecule has 2 aromatic carbocycles. The van der Waals surface area contributed by atoms with E-state index in [1.807, 2.05) is 68.1 Å². The van der Waals surface area contributed by atoms with Crippen molar-refractivity contribution in [3.63, 3.8) is 0 Å². The first-order chi connectivity index (χ1) is 19.7. The molecule has 4 aromatic rings. The van der Waals surface area contributed by atoms with Crippen LogP contribution in [0, 0.1) is 20.8 Å². The van der Waals surface area contributed by atoms with Crippen LogP contribution in [-0.4, -0.2) is 58.4 Å². The third-order valence-electron chi connectivity index (χ3n) is 6.89. The fourth-order valence-corrected chi connectivity index (χ4v) is 6.16. The van der Waals surface area contributed by atoms with E-state index in [4.69, 9.17) is 16.3 Å². The molecule has 0 atom stereocenters. The number of benzene rings is 2. The van der Waals surface area contributed by atoms with Crippen molar-refractivity contribution in [1.82, 2.24) is 19.8 Å². The second kappa shape index (κ2) is 11.8. The van der Waals surface area contributed by atoms with E-state index in [1.165, 1.54) is 4.88 Å². The minimum absolute atomic E-state index is 0.103. The summed E-state index contributed by atoms with van der Waals surface area (Å²) in [5.41, 5.74) is 6.68. The fourth-order valence-electron chi connectivity index (χ4n) is 4.81. The van der Waals surface area contributed by atoms with Gasteiger partial charge in [-0.25, -0.2) is 0 Å². The van der Waals surface area contributed by atoms with Crippen LogP contribution in [-0.2, 0) is 22.6 Å². The molecule has 0 aliphatic carbocycles. The van der Waals surface area contributed by atoms with E-state index < -0.39 is 0 Å². The van der Waals surface area contributed by atoms with Crippen molar-refractivity contribution in [2.24, 2.45) is 10.1 Å². The molecule has 1 aliphatic heterocycles. The molecule has 41 heavy (non-hydrogen) atoms. The first-order valence-electron chi connectivity index (χ1n) is 13.2. The summed E-state index contributed by atoms with van der Waals surface area (Å²) in [6.07, 6.45) is 0.680. The van der Waals surface area contributed by atoms with Gasteiger partial charge in [-0.1, -0.05) is 23.7 Å². The summed E-state index contributed by atoms with van der Waals surface area (Å²) in [5.74, 6) is 1.96. The molecule has 1 N–H and O–H groups in total. The van der Waals surface area contributed by atoms with Crippen LogP contribution in [0.2, 0.25) is 5.02 Å². The average molecular weight is 590 g/mol. The number of carbonyl (C=O) groups is 1. The molecule has 0 bridgehead atoms. The van der Waals surface area contributed by atoms with E-state index in [-0.39, 0.29) is 12.3 Å². The number of aliphatic imine (C=N–C) groups is 1. The van der Waals surface area contributed by atoms with E-state index in [1.54, 1.807) is 23.4 Å². The quantitative estimate of drug-likeness (QED) is 0.210. The number of halogens is 1. The first-order valence-corrected chi connectivity index (χ1v) is 14.4. The zero-order valence-corrected chi connectivity index (χ0v) is 25.5. The van der Waals surface area contributed by atoms with Crippen LogP contribution >= 0.6 is 22.9 Å². The van der Waals surface area contributed by atoms with E-state index in [0.29, 0.717) is 23.9 Å². The van der Waals surface area contributed by atoms with Crippen molar-refractivity contribution in [3.05, 3.63) is 91.8 Å². The number of carbonyl (C=O) groups excluding carboxylic acids is 1. The predicted molar refractivity (Wildman–Crippen MR) is 165 cm³/mol. The molecule has 5 rings (SSSR count). The standard InChI is InChI=1S/C30H32ClN7O2S/c1-17-18(2)41-30(27(17)28(32-4)20-7-9-22(31)10-8-20)38-19(3)34-35-25(38)13-14-26(39)33-23-11-12-24-21(15-23)16-40-29(24)36-37(5)6/h7-12,15H,13-14,16H2,1-6H3,(H,33,39)/b32-28-,36-29-. The van der Waals surface area contributed by atoms with Crippen LogP contribution in [0.5, 0.6) is 0 Å². The lowest BCUT2D eigenvalue weighted by atomic mass is 10.00. The highest BCUT2D eigenvalue weighted by molar-refractivity contribution is 7.15. The Bertz CT molecular complexity index is 1670. The number of nitrogens with one attached hydrogen (secondary N) is 1. The average Bonchev–Trinajstić information content (AvgIpc) is 3.59. The number of aromatic nitrogens is 3. The topological polar surface area (TPSA) is 97.0 Å². The van der Waals surface area contributed by atoms with Gasteiger partial charge in [0.05, 0.1) is 5.71 Å². The normalized spacial score (nSPS) is 13.8. The van der Waals surface area contributed by atoms with Gasteiger partial charge in [0.25, 0.3) is 0 Å². The summed E-state index contributed by atoms with van der Waals surface area (Å²) in [6, 6.07) is 13.4. The minimum Gasteiger partial charge on any atom is -0.471 e. The van der Waals surface area contributed by atoms with Crippen molar-refractivity contribution in [2.75, 3.05) is 26.5 Å². The molecule has 2 aromatic heterocycles. The molecule has 212 valence electrons. The molecule has 11 heteroatoms. The van der Waals surface area contributed by atoms with Crippen molar-refractivity contribution < 1.29 is 9.53 Å². The Morgan fingerprint density at radius 1 is 1.15 bits per heavy atom. The van der Waals surface area contributed by atoms with Crippen LogP contribution in [0.1, 0.15) is 50.8 Å². The molecule has 1 amide bonds. The molecule has 0 fully saturated rings. The van der Waals surface area contributed by atoms with Gasteiger partial charge in [0.2, 0.25) is 11.8 Å². The Morgan fingerprint density at radius 2 is 1.90 bits per heavy atom. The summed E-state index contributed by atoms with van der Waals surface area (Å²) in [4.78, 5) is 18.8. The number of aryl methyl sites for hydroxylation is 3. The second-order valence-corrected chi connectivity index (χ2v) is 11.6. The summed E-state index contributed by atoms with van der Waals surface area (Å²) < 4.78 is 7.75. The highest BCUT2D eigenvalue weighted by Gasteiger charge is 2.24. The van der Waals surface area contributed by atoms with Crippen molar-refractivity contribution in [2.45, 2.75) is 40.2 Å². The van der Waals surface area contributed by atoms with Gasteiger partial charge in [-0.3, -0.25) is 19.4 Å². The number of rotatable bonds is 8. The van der Waals surface area contributed by atoms with Gasteiger partial charge in [0.15, 0.2) is 0 Å². The number of hydrogen-bond acceptors (Lipinski definition) is 8. The van der Waals surface area contributed by atoms with Crippen LogP contribution < -0.4 is 5.32 Å². The minimum atomic E-state index is -0.103. The van der Waals surface area contributed by atoms with Gasteiger partial charge in [-0.05, 0) is 56.7 Å². The Kier molecular flexibility index (Phi) is 8.23. The van der Waals surface area contributed by atoms with E-state index >= 15 is 0 Å². The van der Waals surface area contributed by atoms with Crippen LogP contribution in [0.25, 0.3) is 5.00 Å². The smallest absolute Gasteiger partial charge is 0.238 e. The lowest BCUT2D eigenvalue weighted by molar-refractivity contribution is -0.116.